The van der Waals surface area contributed by atoms with Crippen LogP contribution in [-0.4, -0.2) is 43.5 Å². The number of benzene rings is 2. The van der Waals surface area contributed by atoms with Crippen molar-refractivity contribution in [2.45, 2.75) is 64.0 Å². The van der Waals surface area contributed by atoms with Gasteiger partial charge in [0.25, 0.3) is 5.91 Å². The maximum atomic E-state index is 13.9. The van der Waals surface area contributed by atoms with E-state index >= 15 is 0 Å². The maximum Gasteiger partial charge on any atom is 0.290 e. The molecule has 0 bridgehead atoms. The highest BCUT2D eigenvalue weighted by Gasteiger charge is 2.34. The van der Waals surface area contributed by atoms with Crippen LogP contribution >= 0.6 is 0 Å². The lowest BCUT2D eigenvalue weighted by Crippen LogP contribution is -2.46. The van der Waals surface area contributed by atoms with E-state index in [2.05, 4.69) is 19.2 Å². The van der Waals surface area contributed by atoms with E-state index in [1.165, 1.54) is 11.8 Å². The average molecular weight is 519 g/mol. The van der Waals surface area contributed by atoms with Gasteiger partial charge in [0.15, 0.2) is 17.3 Å². The van der Waals surface area contributed by atoms with Crippen molar-refractivity contribution in [1.29, 1.82) is 0 Å². The van der Waals surface area contributed by atoms with Crippen LogP contribution in [0.4, 0.5) is 0 Å². The first-order valence-corrected chi connectivity index (χ1v) is 13.4. The summed E-state index contributed by atoms with van der Waals surface area (Å²) in [5, 5.41) is 3.23. The molecule has 7 nitrogen and oxygen atoms in total. The van der Waals surface area contributed by atoms with Crippen LogP contribution in [-0.2, 0) is 11.2 Å². The molecule has 1 aliphatic carbocycles. The van der Waals surface area contributed by atoms with Crippen LogP contribution < -0.4 is 14.8 Å². The first kappa shape index (κ1) is 27.3. The summed E-state index contributed by atoms with van der Waals surface area (Å²) in [6.45, 7) is 4.58. The van der Waals surface area contributed by atoms with Gasteiger partial charge in [-0.1, -0.05) is 57.0 Å². The van der Waals surface area contributed by atoms with E-state index in [-0.39, 0.29) is 23.6 Å². The Kier molecular flexibility index (Phi) is 9.10. The summed E-state index contributed by atoms with van der Waals surface area (Å²) in [5.74, 6) is 1.33. The molecule has 1 fully saturated rings. The predicted molar refractivity (Wildman–Crippen MR) is 147 cm³/mol. The summed E-state index contributed by atoms with van der Waals surface area (Å²) in [6, 6.07) is 16.4. The van der Waals surface area contributed by atoms with E-state index in [4.69, 9.17) is 13.9 Å². The lowest BCUT2D eigenvalue weighted by atomic mass is 9.97. The van der Waals surface area contributed by atoms with Gasteiger partial charge in [0.2, 0.25) is 5.91 Å². The van der Waals surface area contributed by atoms with Crippen LogP contribution in [0.5, 0.6) is 11.5 Å². The highest BCUT2D eigenvalue weighted by molar-refractivity contribution is 5.96. The quantitative estimate of drug-likeness (QED) is 0.342. The standard InChI is InChI=1S/C31H38N2O5/c1-21(2)23-12-14-24(15-13-23)29(30(34)32-25-8-5-6-9-25)33(31(35)27-10-7-19-38-27)18-17-22-11-16-26(36-3)28(20-22)37-4/h7,10-16,19-21,25,29H,5-6,8-9,17-18H2,1-4H3,(H,32,34). The maximum absolute atomic E-state index is 13.9. The Morgan fingerprint density at radius 2 is 1.66 bits per heavy atom. The lowest BCUT2D eigenvalue weighted by Gasteiger charge is -2.32. The SMILES string of the molecule is COc1ccc(CCN(C(=O)c2ccco2)C(C(=O)NC2CCCC2)c2ccc(C(C)C)cc2)cc1OC. The van der Waals surface area contributed by atoms with Gasteiger partial charge in [0.05, 0.1) is 20.5 Å². The van der Waals surface area contributed by atoms with Gasteiger partial charge in [-0.15, -0.1) is 0 Å². The smallest absolute Gasteiger partial charge is 0.290 e. The van der Waals surface area contributed by atoms with E-state index in [1.54, 1.807) is 31.3 Å². The van der Waals surface area contributed by atoms with Crippen molar-refractivity contribution >= 4 is 11.8 Å². The molecular weight excluding hydrogens is 480 g/mol. The number of hydrogen-bond acceptors (Lipinski definition) is 5. The molecule has 3 aromatic rings. The summed E-state index contributed by atoms with van der Waals surface area (Å²) in [5.41, 5.74) is 2.92. The number of ether oxygens (including phenoxy) is 2. The monoisotopic (exact) mass is 518 g/mol. The normalized spacial score (nSPS) is 14.3. The number of hydrogen-bond donors (Lipinski definition) is 1. The molecule has 0 radical (unpaired) electrons. The van der Waals surface area contributed by atoms with Crippen LogP contribution in [0.3, 0.4) is 0 Å². The molecule has 1 N–H and O–H groups in total. The van der Waals surface area contributed by atoms with E-state index in [1.807, 2.05) is 42.5 Å². The zero-order chi connectivity index (χ0) is 27.1. The van der Waals surface area contributed by atoms with Crippen molar-refractivity contribution in [3.8, 4) is 11.5 Å². The lowest BCUT2D eigenvalue weighted by molar-refractivity contribution is -0.126. The van der Waals surface area contributed by atoms with Crippen LogP contribution in [0.15, 0.2) is 65.3 Å². The van der Waals surface area contributed by atoms with E-state index in [9.17, 15) is 9.59 Å². The van der Waals surface area contributed by atoms with Gasteiger partial charge in [-0.05, 0) is 66.1 Å². The van der Waals surface area contributed by atoms with Gasteiger partial charge < -0.3 is 24.1 Å². The third-order valence-corrected chi connectivity index (χ3v) is 7.26. The molecule has 1 heterocycles. The van der Waals surface area contributed by atoms with E-state index < -0.39 is 6.04 Å². The average Bonchev–Trinajstić information content (AvgIpc) is 3.65. The molecule has 0 aliphatic heterocycles. The summed E-state index contributed by atoms with van der Waals surface area (Å²) in [4.78, 5) is 29.3. The van der Waals surface area contributed by atoms with Crippen LogP contribution in [0.25, 0.3) is 0 Å². The molecule has 4 rings (SSSR count). The molecule has 1 saturated carbocycles. The number of furan rings is 1. The summed E-state index contributed by atoms with van der Waals surface area (Å²) >= 11 is 0. The van der Waals surface area contributed by atoms with Crippen molar-refractivity contribution in [3.05, 3.63) is 83.3 Å². The van der Waals surface area contributed by atoms with Gasteiger partial charge in [0, 0.05) is 12.6 Å². The Bertz CT molecular complexity index is 1200. The fraction of sp³-hybridized carbons (Fsp3) is 0.419. The highest BCUT2D eigenvalue weighted by atomic mass is 16.5. The number of nitrogens with one attached hydrogen (secondary N) is 1. The minimum Gasteiger partial charge on any atom is -0.493 e. The molecule has 2 aromatic carbocycles. The zero-order valence-electron chi connectivity index (χ0n) is 22.7. The minimum atomic E-state index is -0.797. The third kappa shape index (κ3) is 6.39. The molecule has 1 atom stereocenters. The Morgan fingerprint density at radius 1 is 0.974 bits per heavy atom. The van der Waals surface area contributed by atoms with Crippen molar-refractivity contribution in [2.24, 2.45) is 0 Å². The Hall–Kier alpha value is -3.74. The second-order valence-electron chi connectivity index (χ2n) is 10.1. The Morgan fingerprint density at radius 3 is 2.26 bits per heavy atom. The van der Waals surface area contributed by atoms with Gasteiger partial charge >= 0.3 is 0 Å². The second-order valence-corrected chi connectivity index (χ2v) is 10.1. The predicted octanol–water partition coefficient (Wildman–Crippen LogP) is 5.91. The van der Waals surface area contributed by atoms with Crippen LogP contribution in [0, 0.1) is 0 Å². The second kappa shape index (κ2) is 12.7. The Labute approximate surface area is 225 Å². The fourth-order valence-electron chi connectivity index (χ4n) is 5.06. The van der Waals surface area contributed by atoms with Gasteiger partial charge in [0.1, 0.15) is 6.04 Å². The Balaban J connectivity index is 1.69. The zero-order valence-corrected chi connectivity index (χ0v) is 22.7. The molecule has 1 aliphatic rings. The number of nitrogens with zero attached hydrogens (tertiary/aromatic N) is 1. The molecule has 2 amide bonds. The molecule has 0 saturated heterocycles. The first-order valence-electron chi connectivity index (χ1n) is 13.4. The van der Waals surface area contributed by atoms with Crippen LogP contribution in [0.1, 0.15) is 78.7 Å². The molecule has 1 aromatic heterocycles. The molecule has 38 heavy (non-hydrogen) atoms. The fourth-order valence-corrected chi connectivity index (χ4v) is 5.06. The number of methoxy groups -OCH3 is 2. The molecule has 202 valence electrons. The number of carbonyl (C=O) groups is 2. The highest BCUT2D eigenvalue weighted by Crippen LogP contribution is 2.30. The van der Waals surface area contributed by atoms with Crippen molar-refractivity contribution in [3.63, 3.8) is 0 Å². The summed E-state index contributed by atoms with van der Waals surface area (Å²) in [7, 11) is 3.19. The van der Waals surface area contributed by atoms with Crippen molar-refractivity contribution in [2.75, 3.05) is 20.8 Å². The molecule has 7 heteroatoms. The van der Waals surface area contributed by atoms with Crippen molar-refractivity contribution < 1.29 is 23.5 Å². The number of rotatable bonds is 11. The molecule has 1 unspecified atom stereocenters. The largest absolute Gasteiger partial charge is 0.493 e. The van der Waals surface area contributed by atoms with E-state index in [0.717, 1.165) is 36.8 Å². The number of amides is 2. The first-order chi connectivity index (χ1) is 18.4. The molecule has 0 spiro atoms. The summed E-state index contributed by atoms with van der Waals surface area (Å²) in [6.07, 6.45) is 6.12. The topological polar surface area (TPSA) is 81.0 Å². The third-order valence-electron chi connectivity index (χ3n) is 7.26. The van der Waals surface area contributed by atoms with E-state index in [0.29, 0.717) is 30.4 Å². The van der Waals surface area contributed by atoms with Gasteiger partial charge in [-0.3, -0.25) is 9.59 Å². The van der Waals surface area contributed by atoms with Crippen molar-refractivity contribution in [1.82, 2.24) is 10.2 Å². The van der Waals surface area contributed by atoms with Gasteiger partial charge in [-0.2, -0.15) is 0 Å². The van der Waals surface area contributed by atoms with Gasteiger partial charge in [-0.25, -0.2) is 0 Å². The molecular formula is C31H38N2O5. The summed E-state index contributed by atoms with van der Waals surface area (Å²) < 4.78 is 16.3. The number of carbonyl (C=O) groups excluding carboxylic acids is 2. The minimum absolute atomic E-state index is 0.131. The van der Waals surface area contributed by atoms with Crippen LogP contribution in [0.2, 0.25) is 0 Å².